The Kier molecular flexibility index (Phi) is 5.80. The average Bonchev–Trinajstić information content (AvgIpc) is 2.73. The molecule has 0 saturated heterocycles. The van der Waals surface area contributed by atoms with E-state index in [0.29, 0.717) is 12.3 Å². The van der Waals surface area contributed by atoms with Gasteiger partial charge in [-0.2, -0.15) is 18.4 Å². The van der Waals surface area contributed by atoms with Crippen molar-refractivity contribution >= 4 is 15.7 Å². The number of benzene rings is 1. The molecule has 1 aromatic heterocycles. The van der Waals surface area contributed by atoms with Gasteiger partial charge in [0, 0.05) is 17.7 Å². The first-order valence-electron chi connectivity index (χ1n) is 9.20. The maximum atomic E-state index is 14.8. The molecule has 3 rings (SSSR count). The monoisotopic (exact) mass is 455 g/mol. The summed E-state index contributed by atoms with van der Waals surface area (Å²) in [7, 11) is -4.47. The molecule has 1 aliphatic rings. The zero-order chi connectivity index (χ0) is 23.0. The van der Waals surface area contributed by atoms with Gasteiger partial charge >= 0.3 is 6.18 Å². The molecule has 1 aliphatic carbocycles. The van der Waals surface area contributed by atoms with Crippen LogP contribution in [0.15, 0.2) is 41.4 Å². The predicted molar refractivity (Wildman–Crippen MR) is 100 cm³/mol. The van der Waals surface area contributed by atoms with Gasteiger partial charge in [0.15, 0.2) is 9.84 Å². The second-order valence-corrected chi connectivity index (χ2v) is 9.62. The van der Waals surface area contributed by atoms with Crippen LogP contribution in [0.5, 0.6) is 0 Å². The van der Waals surface area contributed by atoms with Crippen LogP contribution in [0.2, 0.25) is 0 Å². The maximum absolute atomic E-state index is 14.8. The van der Waals surface area contributed by atoms with Crippen molar-refractivity contribution in [3.63, 3.8) is 0 Å². The van der Waals surface area contributed by atoms with E-state index in [9.17, 15) is 36.0 Å². The molecule has 6 nitrogen and oxygen atoms in total. The van der Waals surface area contributed by atoms with Gasteiger partial charge in [-0.25, -0.2) is 12.8 Å². The van der Waals surface area contributed by atoms with Gasteiger partial charge in [-0.3, -0.25) is 9.78 Å². The number of carbonyl (C=O) groups excluding carboxylic acids is 1. The summed E-state index contributed by atoms with van der Waals surface area (Å²) < 4.78 is 78.7. The maximum Gasteiger partial charge on any atom is 0.433 e. The summed E-state index contributed by atoms with van der Waals surface area (Å²) >= 11 is 0. The Labute approximate surface area is 175 Å². The summed E-state index contributed by atoms with van der Waals surface area (Å²) in [5.74, 6) is -2.11. The number of sulfone groups is 1. The Hall–Kier alpha value is -3.00. The zero-order valence-corrected chi connectivity index (χ0v) is 16.8. The van der Waals surface area contributed by atoms with Crippen LogP contribution < -0.4 is 5.73 Å². The van der Waals surface area contributed by atoms with Gasteiger partial charge in [0.1, 0.15) is 16.3 Å². The highest BCUT2D eigenvalue weighted by Gasteiger charge is 2.51. The topological polar surface area (TPSA) is 114 Å². The van der Waals surface area contributed by atoms with Gasteiger partial charge in [0.2, 0.25) is 5.91 Å². The normalized spacial score (nSPS) is 22.0. The number of nitrogens with zero attached hydrogens (tertiary/aromatic N) is 2. The Balaban J connectivity index is 2.17. The summed E-state index contributed by atoms with van der Waals surface area (Å²) in [4.78, 5) is 14.3. The fourth-order valence-electron chi connectivity index (χ4n) is 3.93. The Morgan fingerprint density at radius 2 is 1.84 bits per heavy atom. The number of aromatic nitrogens is 1. The summed E-state index contributed by atoms with van der Waals surface area (Å²) in [6.45, 7) is 0. The van der Waals surface area contributed by atoms with E-state index in [2.05, 4.69) is 4.98 Å². The van der Waals surface area contributed by atoms with Crippen molar-refractivity contribution < 1.29 is 30.8 Å². The number of pyridine rings is 1. The number of hydrogen-bond acceptors (Lipinski definition) is 5. The molecule has 0 bridgehead atoms. The highest BCUT2D eigenvalue weighted by atomic mass is 32.2. The van der Waals surface area contributed by atoms with Crippen LogP contribution in [0.25, 0.3) is 0 Å². The Morgan fingerprint density at radius 3 is 2.32 bits per heavy atom. The third kappa shape index (κ3) is 3.99. The molecule has 2 N–H and O–H groups in total. The van der Waals surface area contributed by atoms with Gasteiger partial charge in [-0.05, 0) is 56.0 Å². The number of nitrogens with two attached hydrogens (primary N) is 1. The Morgan fingerprint density at radius 1 is 1.19 bits per heavy atom. The van der Waals surface area contributed by atoms with Crippen LogP contribution in [-0.2, 0) is 25.6 Å². The molecule has 0 atom stereocenters. The minimum Gasteiger partial charge on any atom is -0.369 e. The molecule has 2 aromatic rings. The van der Waals surface area contributed by atoms with E-state index in [-0.39, 0.29) is 36.8 Å². The van der Waals surface area contributed by atoms with E-state index in [1.807, 2.05) is 6.07 Å². The minimum absolute atomic E-state index is 0.0218. The Bertz CT molecular complexity index is 1150. The van der Waals surface area contributed by atoms with Gasteiger partial charge < -0.3 is 5.73 Å². The third-order valence-corrected chi connectivity index (χ3v) is 8.15. The number of carbonyl (C=O) groups is 1. The van der Waals surface area contributed by atoms with Crippen LogP contribution in [0.1, 0.15) is 42.5 Å². The number of hydrogen-bond donors (Lipinski definition) is 1. The van der Waals surface area contributed by atoms with Gasteiger partial charge in [0.25, 0.3) is 0 Å². The SMILES string of the molecule is N#Cc1ccc(F)c(C2(S(=O)(=O)c3ccc(C(F)(F)F)nc3)CCC(C(N)=O)CC2)c1. The first kappa shape index (κ1) is 22.7. The zero-order valence-electron chi connectivity index (χ0n) is 16.0. The number of nitriles is 1. The molecular formula is C20H17F4N3O3S. The molecular weight excluding hydrogens is 438 g/mol. The van der Waals surface area contributed by atoms with Crippen molar-refractivity contribution in [1.82, 2.24) is 4.98 Å². The smallest absolute Gasteiger partial charge is 0.369 e. The summed E-state index contributed by atoms with van der Waals surface area (Å²) in [5.41, 5.74) is 3.81. The van der Waals surface area contributed by atoms with Crippen LogP contribution in [0, 0.1) is 23.1 Å². The van der Waals surface area contributed by atoms with E-state index < -0.39 is 49.0 Å². The third-order valence-electron chi connectivity index (χ3n) is 5.63. The number of halogens is 4. The lowest BCUT2D eigenvalue weighted by Crippen LogP contribution is -2.42. The first-order chi connectivity index (χ1) is 14.4. The van der Waals surface area contributed by atoms with Gasteiger partial charge in [0.05, 0.1) is 16.5 Å². The molecule has 1 aromatic carbocycles. The summed E-state index contributed by atoms with van der Waals surface area (Å²) in [6.07, 6.45) is -4.48. The molecule has 0 unspecified atom stereocenters. The molecule has 1 amide bonds. The second kappa shape index (κ2) is 7.92. The molecule has 1 heterocycles. The molecule has 0 spiro atoms. The van der Waals surface area contributed by atoms with Crippen molar-refractivity contribution in [3.8, 4) is 6.07 Å². The average molecular weight is 455 g/mol. The largest absolute Gasteiger partial charge is 0.433 e. The highest BCUT2D eigenvalue weighted by molar-refractivity contribution is 7.92. The van der Waals surface area contributed by atoms with Crippen molar-refractivity contribution in [2.45, 2.75) is 41.5 Å². The van der Waals surface area contributed by atoms with Gasteiger partial charge in [-0.1, -0.05) is 0 Å². The van der Waals surface area contributed by atoms with Crippen LogP contribution in [0.4, 0.5) is 17.6 Å². The van der Waals surface area contributed by atoms with E-state index in [0.717, 1.165) is 18.2 Å². The van der Waals surface area contributed by atoms with E-state index in [1.165, 1.54) is 6.07 Å². The molecule has 0 radical (unpaired) electrons. The highest BCUT2D eigenvalue weighted by Crippen LogP contribution is 2.49. The summed E-state index contributed by atoms with van der Waals surface area (Å²) in [5, 5.41) is 9.18. The summed E-state index contributed by atoms with van der Waals surface area (Å²) in [6, 6.07) is 6.41. The van der Waals surface area contributed by atoms with E-state index in [4.69, 9.17) is 5.73 Å². The lowest BCUT2D eigenvalue weighted by Gasteiger charge is -2.39. The molecule has 1 fully saturated rings. The fraction of sp³-hybridized carbons (Fsp3) is 0.350. The van der Waals surface area contributed by atoms with Crippen LogP contribution in [0.3, 0.4) is 0 Å². The molecule has 0 aliphatic heterocycles. The fourth-order valence-corrected chi connectivity index (χ4v) is 6.04. The van der Waals surface area contributed by atoms with Crippen molar-refractivity contribution in [3.05, 3.63) is 59.2 Å². The predicted octanol–water partition coefficient (Wildman–Crippen LogP) is 3.46. The van der Waals surface area contributed by atoms with Crippen LogP contribution in [-0.4, -0.2) is 19.3 Å². The quantitative estimate of drug-likeness (QED) is 0.710. The number of rotatable bonds is 4. The molecule has 1 saturated carbocycles. The number of alkyl halides is 3. The minimum atomic E-state index is -4.76. The molecule has 31 heavy (non-hydrogen) atoms. The van der Waals surface area contributed by atoms with Crippen molar-refractivity contribution in [1.29, 1.82) is 5.26 Å². The number of primary amides is 1. The van der Waals surface area contributed by atoms with Crippen molar-refractivity contribution in [2.75, 3.05) is 0 Å². The lowest BCUT2D eigenvalue weighted by molar-refractivity contribution is -0.141. The second-order valence-electron chi connectivity index (χ2n) is 7.36. The first-order valence-corrected chi connectivity index (χ1v) is 10.7. The number of amides is 1. The molecule has 11 heteroatoms. The van der Waals surface area contributed by atoms with Gasteiger partial charge in [-0.15, -0.1) is 0 Å². The van der Waals surface area contributed by atoms with E-state index >= 15 is 0 Å². The molecule has 164 valence electrons. The van der Waals surface area contributed by atoms with Crippen molar-refractivity contribution in [2.24, 2.45) is 11.7 Å². The van der Waals surface area contributed by atoms with E-state index in [1.54, 1.807) is 0 Å². The standard InChI is InChI=1S/C20H17F4N3O3S/c21-16-3-1-12(10-25)9-15(16)19(7-5-13(6-8-19)18(26)28)31(29,30)14-2-4-17(27-11-14)20(22,23)24/h1-4,9,11,13H,5-8H2,(H2,26,28). The van der Waals surface area contributed by atoms with Crippen LogP contribution >= 0.6 is 0 Å². The lowest BCUT2D eigenvalue weighted by atomic mass is 9.77.